The van der Waals surface area contributed by atoms with Crippen molar-refractivity contribution in [1.82, 2.24) is 30.0 Å². The molecule has 0 aliphatic carbocycles. The van der Waals surface area contributed by atoms with Crippen LogP contribution in [0.4, 0.5) is 0 Å². The summed E-state index contributed by atoms with van der Waals surface area (Å²) in [4.78, 5) is 30.6. The van der Waals surface area contributed by atoms with Gasteiger partial charge in [0.1, 0.15) is 29.7 Å². The molecule has 5 rings (SSSR count). The molecule has 1 aliphatic heterocycles. The van der Waals surface area contributed by atoms with E-state index in [1.54, 1.807) is 36.4 Å². The minimum Gasteiger partial charge on any atom is -0.496 e. The SMILES string of the molecule is COc1cc(C(=O)N2CCOC(COn3nnc4cccnc43)C2)nc2ccccc12. The topological polar surface area (TPSA) is 104 Å². The molecule has 1 aromatic carbocycles. The Labute approximate surface area is 177 Å². The maximum absolute atomic E-state index is 13.1. The predicted octanol–water partition coefficient (Wildman–Crippen LogP) is 1.35. The molecule has 0 spiro atoms. The monoisotopic (exact) mass is 420 g/mol. The van der Waals surface area contributed by atoms with Crippen LogP contribution >= 0.6 is 0 Å². The van der Waals surface area contributed by atoms with Gasteiger partial charge in [0.2, 0.25) is 5.65 Å². The molecule has 1 saturated heterocycles. The summed E-state index contributed by atoms with van der Waals surface area (Å²) in [5.74, 6) is 0.442. The van der Waals surface area contributed by atoms with Gasteiger partial charge in [-0.25, -0.2) is 9.97 Å². The van der Waals surface area contributed by atoms with Gasteiger partial charge >= 0.3 is 0 Å². The number of benzene rings is 1. The molecular weight excluding hydrogens is 400 g/mol. The molecule has 1 amide bonds. The first-order chi connectivity index (χ1) is 15.2. The third kappa shape index (κ3) is 3.73. The zero-order chi connectivity index (χ0) is 21.2. The molecule has 0 N–H and O–H groups in total. The van der Waals surface area contributed by atoms with Crippen LogP contribution in [0.25, 0.3) is 22.1 Å². The van der Waals surface area contributed by atoms with Crippen molar-refractivity contribution in [3.05, 3.63) is 54.4 Å². The second-order valence-electron chi connectivity index (χ2n) is 7.08. The lowest BCUT2D eigenvalue weighted by molar-refractivity contribution is -0.0681. The van der Waals surface area contributed by atoms with Crippen molar-refractivity contribution >= 4 is 28.0 Å². The Morgan fingerprint density at radius 3 is 3.00 bits per heavy atom. The van der Waals surface area contributed by atoms with Crippen LogP contribution in [0, 0.1) is 0 Å². The van der Waals surface area contributed by atoms with Crippen LogP contribution < -0.4 is 9.57 Å². The number of amides is 1. The molecule has 0 radical (unpaired) electrons. The molecule has 1 atom stereocenters. The van der Waals surface area contributed by atoms with Gasteiger partial charge in [-0.15, -0.1) is 5.10 Å². The van der Waals surface area contributed by atoms with E-state index in [9.17, 15) is 4.79 Å². The van der Waals surface area contributed by atoms with Crippen molar-refractivity contribution in [2.24, 2.45) is 0 Å². The minimum absolute atomic E-state index is 0.176. The predicted molar refractivity (Wildman–Crippen MR) is 111 cm³/mol. The van der Waals surface area contributed by atoms with Gasteiger partial charge in [0.15, 0.2) is 0 Å². The second-order valence-corrected chi connectivity index (χ2v) is 7.08. The molecule has 4 aromatic rings. The standard InChI is InChI=1S/C21H20N6O4/c1-29-19-11-18(23-16-6-3-2-5-15(16)19)21(28)26-9-10-30-14(12-26)13-31-27-20-17(24-25-27)7-4-8-22-20/h2-8,11,14H,9-10,12-13H2,1H3. The highest BCUT2D eigenvalue weighted by Gasteiger charge is 2.27. The number of methoxy groups -OCH3 is 1. The fraction of sp³-hybridized carbons (Fsp3) is 0.286. The number of aromatic nitrogens is 5. The number of para-hydroxylation sites is 1. The number of fused-ring (bicyclic) bond motifs is 2. The van der Waals surface area contributed by atoms with Crippen LogP contribution in [-0.2, 0) is 4.74 Å². The van der Waals surface area contributed by atoms with Gasteiger partial charge in [0.05, 0.1) is 25.8 Å². The zero-order valence-corrected chi connectivity index (χ0v) is 16.8. The van der Waals surface area contributed by atoms with E-state index in [1.807, 2.05) is 24.3 Å². The number of hydrogen-bond donors (Lipinski definition) is 0. The van der Waals surface area contributed by atoms with Gasteiger partial charge in [-0.2, -0.15) is 0 Å². The second kappa shape index (κ2) is 8.15. The van der Waals surface area contributed by atoms with E-state index in [1.165, 1.54) is 4.85 Å². The summed E-state index contributed by atoms with van der Waals surface area (Å²) < 4.78 is 11.2. The third-order valence-electron chi connectivity index (χ3n) is 5.11. The van der Waals surface area contributed by atoms with Gasteiger partial charge in [-0.05, 0) is 29.5 Å². The summed E-state index contributed by atoms with van der Waals surface area (Å²) in [7, 11) is 1.58. The van der Waals surface area contributed by atoms with E-state index in [-0.39, 0.29) is 18.6 Å². The molecule has 158 valence electrons. The van der Waals surface area contributed by atoms with Crippen LogP contribution in [0.1, 0.15) is 10.5 Å². The van der Waals surface area contributed by atoms with E-state index in [2.05, 4.69) is 20.3 Å². The zero-order valence-electron chi connectivity index (χ0n) is 16.8. The Bertz CT molecular complexity index is 1240. The first-order valence-corrected chi connectivity index (χ1v) is 9.87. The molecule has 4 heterocycles. The number of ether oxygens (including phenoxy) is 2. The largest absolute Gasteiger partial charge is 0.496 e. The highest BCUT2D eigenvalue weighted by atomic mass is 16.7. The Morgan fingerprint density at radius 1 is 1.23 bits per heavy atom. The van der Waals surface area contributed by atoms with Crippen molar-refractivity contribution in [1.29, 1.82) is 0 Å². The quantitative estimate of drug-likeness (QED) is 0.477. The average molecular weight is 420 g/mol. The summed E-state index contributed by atoms with van der Waals surface area (Å²) >= 11 is 0. The van der Waals surface area contributed by atoms with E-state index >= 15 is 0 Å². The average Bonchev–Trinajstić information content (AvgIpc) is 3.25. The summed E-state index contributed by atoms with van der Waals surface area (Å²) in [6, 6.07) is 12.8. The molecule has 10 nitrogen and oxygen atoms in total. The highest BCUT2D eigenvalue weighted by molar-refractivity contribution is 5.97. The molecule has 1 unspecified atom stereocenters. The third-order valence-corrected chi connectivity index (χ3v) is 5.11. The minimum atomic E-state index is -0.317. The Hall–Kier alpha value is -3.79. The summed E-state index contributed by atoms with van der Waals surface area (Å²) in [6.45, 7) is 1.45. The van der Waals surface area contributed by atoms with Crippen LogP contribution in [0.5, 0.6) is 5.75 Å². The Morgan fingerprint density at radius 2 is 2.10 bits per heavy atom. The fourth-order valence-electron chi connectivity index (χ4n) is 3.57. The van der Waals surface area contributed by atoms with E-state index in [0.717, 1.165) is 5.39 Å². The number of morpholine rings is 1. The van der Waals surface area contributed by atoms with Crippen molar-refractivity contribution in [2.45, 2.75) is 6.10 Å². The molecule has 1 aliphatic rings. The maximum Gasteiger partial charge on any atom is 0.272 e. The smallest absolute Gasteiger partial charge is 0.272 e. The number of carbonyl (C=O) groups is 1. The first kappa shape index (κ1) is 19.2. The van der Waals surface area contributed by atoms with Gasteiger partial charge in [0, 0.05) is 24.2 Å². The number of nitrogens with zero attached hydrogens (tertiary/aromatic N) is 6. The summed E-state index contributed by atoms with van der Waals surface area (Å²) in [6.07, 6.45) is 1.33. The van der Waals surface area contributed by atoms with Crippen LogP contribution in [0.2, 0.25) is 0 Å². The van der Waals surface area contributed by atoms with Gasteiger partial charge < -0.3 is 19.2 Å². The number of rotatable bonds is 5. The summed E-state index contributed by atoms with van der Waals surface area (Å²) in [5.41, 5.74) is 2.21. The van der Waals surface area contributed by atoms with Gasteiger partial charge in [-0.3, -0.25) is 4.79 Å². The van der Waals surface area contributed by atoms with Crippen molar-refractivity contribution in [3.8, 4) is 5.75 Å². The molecule has 0 bridgehead atoms. The Balaban J connectivity index is 1.30. The fourth-order valence-corrected chi connectivity index (χ4v) is 3.57. The van der Waals surface area contributed by atoms with Crippen molar-refractivity contribution < 1.29 is 19.1 Å². The van der Waals surface area contributed by atoms with E-state index < -0.39 is 0 Å². The lowest BCUT2D eigenvalue weighted by Crippen LogP contribution is -2.48. The number of carbonyl (C=O) groups excluding carboxylic acids is 1. The molecule has 1 fully saturated rings. The molecule has 3 aromatic heterocycles. The first-order valence-electron chi connectivity index (χ1n) is 9.87. The highest BCUT2D eigenvalue weighted by Crippen LogP contribution is 2.25. The van der Waals surface area contributed by atoms with Crippen LogP contribution in [-0.4, -0.2) is 75.4 Å². The number of pyridine rings is 2. The lowest BCUT2D eigenvalue weighted by atomic mass is 10.1. The van der Waals surface area contributed by atoms with Crippen molar-refractivity contribution in [2.75, 3.05) is 33.4 Å². The van der Waals surface area contributed by atoms with Crippen LogP contribution in [0.15, 0.2) is 48.7 Å². The van der Waals surface area contributed by atoms with Gasteiger partial charge in [-0.1, -0.05) is 17.0 Å². The summed E-state index contributed by atoms with van der Waals surface area (Å²) in [5, 5.41) is 8.82. The Kier molecular flexibility index (Phi) is 5.04. The lowest BCUT2D eigenvalue weighted by Gasteiger charge is -2.32. The van der Waals surface area contributed by atoms with E-state index in [0.29, 0.717) is 47.8 Å². The van der Waals surface area contributed by atoms with E-state index in [4.69, 9.17) is 14.3 Å². The molecule has 31 heavy (non-hydrogen) atoms. The number of hydrogen-bond acceptors (Lipinski definition) is 8. The maximum atomic E-state index is 13.1. The molecule has 10 heteroatoms. The molecule has 0 saturated carbocycles. The normalized spacial score (nSPS) is 16.5. The van der Waals surface area contributed by atoms with Gasteiger partial charge in [0.25, 0.3) is 5.91 Å². The van der Waals surface area contributed by atoms with Crippen LogP contribution in [0.3, 0.4) is 0 Å². The van der Waals surface area contributed by atoms with Crippen molar-refractivity contribution in [3.63, 3.8) is 0 Å². The molecular formula is C21H20N6O4.